The molecule has 0 aliphatic rings. The van der Waals surface area contributed by atoms with Crippen LogP contribution in [-0.2, 0) is 10.5 Å². The van der Waals surface area contributed by atoms with Crippen LogP contribution in [0.1, 0.15) is 0 Å². The number of halogens is 10. The Bertz CT molecular complexity index is 309. The maximum atomic E-state index is 11.3. The first-order chi connectivity index (χ1) is 7.37. The van der Waals surface area contributed by atoms with Crippen molar-refractivity contribution < 1.29 is 56.4 Å². The van der Waals surface area contributed by atoms with Crippen molar-refractivity contribution in [3.8, 4) is 0 Å². The predicted octanol–water partition coefficient (Wildman–Crippen LogP) is 2.54. The Morgan fingerprint density at radius 2 is 0.833 bits per heavy atom. The summed E-state index contributed by atoms with van der Waals surface area (Å²) in [7, 11) is -11.6. The van der Waals surface area contributed by atoms with E-state index >= 15 is 0 Å². The summed E-state index contributed by atoms with van der Waals surface area (Å²) < 4.78 is 136. The van der Waals surface area contributed by atoms with Crippen molar-refractivity contribution in [3.63, 3.8) is 0 Å². The monoisotopic (exact) mass is 335 g/mol. The Morgan fingerprint density at radius 3 is 0.833 bits per heavy atom. The molecule has 111 valence electrons. The third kappa shape index (κ3) is 10.6. The van der Waals surface area contributed by atoms with Crippen molar-refractivity contribution >= 4 is 19.3 Å². The Hall–Kier alpha value is -0.573. The molecule has 18 heavy (non-hydrogen) atoms. The fraction of sp³-hybridized carbons (Fsp3) is 1.00. The van der Waals surface area contributed by atoms with Crippen LogP contribution in [0.3, 0.4) is 0 Å². The molecule has 0 aliphatic carbocycles. The van der Waals surface area contributed by atoms with Gasteiger partial charge in [0.25, 0.3) is 0 Å². The first-order valence-corrected chi connectivity index (χ1v) is 5.96. The van der Waals surface area contributed by atoms with Crippen LogP contribution in [0.2, 0.25) is 0 Å². The van der Waals surface area contributed by atoms with Crippen LogP contribution in [0.5, 0.6) is 0 Å². The summed E-state index contributed by atoms with van der Waals surface area (Å²) in [5.41, 5.74) is 0. The van der Waals surface area contributed by atoms with Gasteiger partial charge >= 0.3 is 36.7 Å². The van der Waals surface area contributed by atoms with Gasteiger partial charge in [0.15, 0.2) is 0 Å². The highest BCUT2D eigenvalue weighted by Crippen LogP contribution is 2.40. The third-order valence-electron chi connectivity index (χ3n) is 0.850. The van der Waals surface area contributed by atoms with Crippen molar-refractivity contribution in [1.82, 2.24) is 0 Å². The molecule has 0 saturated carbocycles. The zero-order valence-corrected chi connectivity index (χ0v) is 9.27. The van der Waals surface area contributed by atoms with E-state index in [1.165, 1.54) is 0 Å². The van der Waals surface area contributed by atoms with E-state index in [1.54, 1.807) is 0 Å². The Morgan fingerprint density at radius 1 is 0.722 bits per heavy atom. The molecule has 1 N–H and O–H groups in total. The van der Waals surface area contributed by atoms with Gasteiger partial charge in [0.1, 0.15) is 0 Å². The molecule has 1 radical (unpaired) electrons. The molecule has 0 amide bonds. The lowest BCUT2D eigenvalue weighted by molar-refractivity contribution is -0.151. The normalized spacial score (nSPS) is 14.2. The van der Waals surface area contributed by atoms with Gasteiger partial charge in [0.05, 0.1) is 0 Å². The van der Waals surface area contributed by atoms with Gasteiger partial charge in [-0.15, -0.1) is 0 Å². The Labute approximate surface area is 94.0 Å². The minimum atomic E-state index is -6.39. The average Bonchev–Trinajstić information content (AvgIpc) is 1.65. The Kier molecular flexibility index (Phi) is 6.14. The first kappa shape index (κ1) is 19.8. The maximum absolute atomic E-state index is 11.3. The lowest BCUT2D eigenvalue weighted by Gasteiger charge is -2.21. The summed E-state index contributed by atoms with van der Waals surface area (Å²) in [6.45, 7) is 0. The molecule has 0 bridgehead atoms. The van der Waals surface area contributed by atoms with Crippen LogP contribution < -0.4 is 0 Å². The molecule has 0 atom stereocenters. The molecule has 15 heteroatoms. The van der Waals surface area contributed by atoms with Crippen molar-refractivity contribution in [3.05, 3.63) is 0 Å². The van der Waals surface area contributed by atoms with E-state index in [2.05, 4.69) is 0 Å². The van der Waals surface area contributed by atoms with Crippen molar-refractivity contribution in [1.29, 1.82) is 0 Å². The zero-order chi connectivity index (χ0) is 15.6. The van der Waals surface area contributed by atoms with Crippen molar-refractivity contribution in [2.75, 3.05) is 0 Å². The minimum absolute atomic E-state index is 5.17. The van der Waals surface area contributed by atoms with Crippen LogP contribution in [0.25, 0.3) is 0 Å². The van der Waals surface area contributed by atoms with Crippen LogP contribution in [-0.4, -0.2) is 39.2 Å². The van der Waals surface area contributed by atoms with Gasteiger partial charge in [0, 0.05) is 0 Å². The summed E-state index contributed by atoms with van der Waals surface area (Å²) in [6.07, 6.45) is 0. The van der Waals surface area contributed by atoms with E-state index in [9.17, 15) is 43.4 Å². The van der Waals surface area contributed by atoms with Crippen molar-refractivity contribution in [2.45, 2.75) is 17.4 Å². The predicted molar refractivity (Wildman–Crippen MR) is 36.6 cm³/mol. The highest BCUT2D eigenvalue weighted by molar-refractivity contribution is 7.80. The van der Waals surface area contributed by atoms with Crippen LogP contribution in [0.4, 0.5) is 43.4 Å². The number of hydrogen-bond acceptors (Lipinski definition) is 2. The molecular formula is C3HF10O3SSi. The van der Waals surface area contributed by atoms with Gasteiger partial charge < -0.3 is 0 Å². The summed E-state index contributed by atoms with van der Waals surface area (Å²) in [6, 6.07) is 0. The number of rotatable bonds is 0. The SMILES string of the molecule is FC(F)(F)[Si](C(F)(F)F)C(F)(F)F.O=S(=O)(O)F. The van der Waals surface area contributed by atoms with Crippen molar-refractivity contribution in [2.24, 2.45) is 0 Å². The molecule has 0 spiro atoms. The fourth-order valence-electron chi connectivity index (χ4n) is 0.482. The van der Waals surface area contributed by atoms with E-state index in [0.717, 1.165) is 0 Å². The maximum Gasteiger partial charge on any atom is 0.444 e. The molecule has 0 heterocycles. The molecule has 0 aromatic carbocycles. The van der Waals surface area contributed by atoms with Gasteiger partial charge in [-0.1, -0.05) is 3.89 Å². The third-order valence-corrected chi connectivity index (χ3v) is 2.55. The van der Waals surface area contributed by atoms with Gasteiger partial charge in [-0.05, 0) is 0 Å². The molecular weight excluding hydrogens is 334 g/mol. The summed E-state index contributed by atoms with van der Waals surface area (Å²) in [5, 5.41) is 0. The lowest BCUT2D eigenvalue weighted by Crippen LogP contribution is -2.57. The molecule has 0 aromatic heterocycles. The van der Waals surface area contributed by atoms with E-state index < -0.39 is 36.7 Å². The highest BCUT2D eigenvalue weighted by atomic mass is 32.3. The Balaban J connectivity index is 0. The van der Waals surface area contributed by atoms with Gasteiger partial charge in [0.2, 0.25) is 0 Å². The topological polar surface area (TPSA) is 54.4 Å². The number of hydrogen-bond donors (Lipinski definition) is 1. The van der Waals surface area contributed by atoms with E-state index in [-0.39, 0.29) is 0 Å². The standard InChI is InChI=1S/C3F9Si.FHO3S/c4-1(5,6)13(2(7,8)9)3(10,11)12;1-5(2,3)4/h;(H,2,3,4). The molecule has 0 fully saturated rings. The molecule has 0 saturated heterocycles. The lowest BCUT2D eigenvalue weighted by atomic mass is 11.4. The second-order valence-corrected chi connectivity index (χ2v) is 5.56. The van der Waals surface area contributed by atoms with Crippen LogP contribution in [0.15, 0.2) is 0 Å². The van der Waals surface area contributed by atoms with Gasteiger partial charge in [-0.2, -0.15) is 47.9 Å². The van der Waals surface area contributed by atoms with Gasteiger partial charge in [-0.25, -0.2) is 0 Å². The zero-order valence-electron chi connectivity index (χ0n) is 7.45. The van der Waals surface area contributed by atoms with Gasteiger partial charge in [-0.3, -0.25) is 4.55 Å². The molecule has 0 aromatic rings. The highest BCUT2D eigenvalue weighted by Gasteiger charge is 2.73. The molecule has 3 nitrogen and oxygen atoms in total. The largest absolute Gasteiger partial charge is 0.444 e. The summed E-state index contributed by atoms with van der Waals surface area (Å²) in [5.74, 6) is -18.8. The second-order valence-electron chi connectivity index (χ2n) is 2.28. The number of alkyl halides is 9. The fourth-order valence-corrected chi connectivity index (χ4v) is 1.45. The van der Waals surface area contributed by atoms with E-state index in [1.807, 2.05) is 0 Å². The smallest absolute Gasteiger partial charge is 0.260 e. The average molecular weight is 335 g/mol. The summed E-state index contributed by atoms with van der Waals surface area (Å²) in [4.78, 5) is 0. The first-order valence-electron chi connectivity index (χ1n) is 3.12. The summed E-state index contributed by atoms with van der Waals surface area (Å²) >= 11 is 0. The molecule has 0 aliphatic heterocycles. The van der Waals surface area contributed by atoms with E-state index in [4.69, 9.17) is 13.0 Å². The molecule has 0 unspecified atom stereocenters. The second kappa shape index (κ2) is 5.60. The van der Waals surface area contributed by atoms with E-state index in [0.29, 0.717) is 0 Å². The van der Waals surface area contributed by atoms with Crippen LogP contribution in [0, 0.1) is 0 Å². The minimum Gasteiger partial charge on any atom is -0.260 e. The van der Waals surface area contributed by atoms with Crippen LogP contribution >= 0.6 is 0 Å². The molecule has 0 rings (SSSR count). The quantitative estimate of drug-likeness (QED) is 0.320.